The first-order chi connectivity index (χ1) is 12.2. The van der Waals surface area contributed by atoms with Gasteiger partial charge >= 0.3 is 6.03 Å². The topological polar surface area (TPSA) is 59.6 Å². The summed E-state index contributed by atoms with van der Waals surface area (Å²) in [7, 11) is 1.54. The highest BCUT2D eigenvalue weighted by atomic mass is 35.5. The Hall–Kier alpha value is -2.40. The van der Waals surface area contributed by atoms with Crippen molar-refractivity contribution in [3.05, 3.63) is 52.5 Å². The summed E-state index contributed by atoms with van der Waals surface area (Å²) in [5, 5.41) is 5.99. The van der Waals surface area contributed by atoms with Gasteiger partial charge in [0.1, 0.15) is 18.1 Å². The third-order valence-electron chi connectivity index (χ3n) is 4.14. The van der Waals surface area contributed by atoms with E-state index in [-0.39, 0.29) is 6.03 Å². The number of ether oxygens (including phenoxy) is 2. The lowest BCUT2D eigenvalue weighted by Gasteiger charge is -2.12. The highest BCUT2D eigenvalue weighted by Gasteiger charge is 2.11. The van der Waals surface area contributed by atoms with Crippen molar-refractivity contribution in [3.63, 3.8) is 0 Å². The van der Waals surface area contributed by atoms with Crippen molar-refractivity contribution in [2.24, 2.45) is 0 Å². The lowest BCUT2D eigenvalue weighted by Crippen LogP contribution is -2.32. The van der Waals surface area contributed by atoms with Crippen LogP contribution in [0, 0.1) is 0 Å². The number of hydrogen-bond acceptors (Lipinski definition) is 3. The average molecular weight is 361 g/mol. The van der Waals surface area contributed by atoms with E-state index < -0.39 is 0 Å². The van der Waals surface area contributed by atoms with Crippen LogP contribution < -0.4 is 20.1 Å². The number of carbonyl (C=O) groups excluding carboxylic acids is 1. The number of nitrogens with one attached hydrogen (secondary N) is 2. The Morgan fingerprint density at radius 2 is 2.00 bits per heavy atom. The molecule has 1 aliphatic rings. The molecule has 0 heterocycles. The van der Waals surface area contributed by atoms with Crippen LogP contribution in [0.1, 0.15) is 17.5 Å². The predicted molar refractivity (Wildman–Crippen MR) is 99.0 cm³/mol. The van der Waals surface area contributed by atoms with Crippen molar-refractivity contribution in [1.82, 2.24) is 5.32 Å². The van der Waals surface area contributed by atoms with Gasteiger partial charge in [0.25, 0.3) is 0 Å². The van der Waals surface area contributed by atoms with Gasteiger partial charge in [0.2, 0.25) is 0 Å². The van der Waals surface area contributed by atoms with Crippen LogP contribution in [0.2, 0.25) is 5.02 Å². The number of urea groups is 1. The molecule has 0 fully saturated rings. The molecule has 132 valence electrons. The molecule has 25 heavy (non-hydrogen) atoms. The van der Waals surface area contributed by atoms with Crippen LogP contribution in [0.25, 0.3) is 0 Å². The zero-order valence-electron chi connectivity index (χ0n) is 14.1. The van der Waals surface area contributed by atoms with Crippen molar-refractivity contribution < 1.29 is 14.3 Å². The summed E-state index contributed by atoms with van der Waals surface area (Å²) < 4.78 is 10.9. The molecule has 1 aliphatic carbocycles. The molecule has 0 aromatic heterocycles. The van der Waals surface area contributed by atoms with Crippen LogP contribution >= 0.6 is 11.6 Å². The molecule has 0 unspecified atom stereocenters. The smallest absolute Gasteiger partial charge is 0.319 e. The van der Waals surface area contributed by atoms with Gasteiger partial charge in [-0.3, -0.25) is 0 Å². The number of carbonyl (C=O) groups is 1. The highest BCUT2D eigenvalue weighted by molar-refractivity contribution is 6.31. The van der Waals surface area contributed by atoms with Crippen LogP contribution in [0.3, 0.4) is 0 Å². The van der Waals surface area contributed by atoms with E-state index in [1.165, 1.54) is 24.7 Å². The number of fused-ring (bicyclic) bond motifs is 1. The first kappa shape index (κ1) is 17.4. The summed E-state index contributed by atoms with van der Waals surface area (Å²) in [4.78, 5) is 12.0. The largest absolute Gasteiger partial charge is 0.495 e. The van der Waals surface area contributed by atoms with Gasteiger partial charge in [0, 0.05) is 5.02 Å². The Morgan fingerprint density at radius 1 is 1.16 bits per heavy atom. The van der Waals surface area contributed by atoms with Gasteiger partial charge in [0.15, 0.2) is 0 Å². The summed E-state index contributed by atoms with van der Waals surface area (Å²) in [5.41, 5.74) is 3.31. The number of anilines is 1. The van der Waals surface area contributed by atoms with E-state index in [1.807, 2.05) is 6.07 Å². The molecule has 0 bridgehead atoms. The molecule has 6 heteroatoms. The van der Waals surface area contributed by atoms with Crippen LogP contribution in [0.4, 0.5) is 10.5 Å². The molecular formula is C19H21ClN2O3. The maximum absolute atomic E-state index is 12.0. The first-order valence-corrected chi connectivity index (χ1v) is 8.66. The fraction of sp³-hybridized carbons (Fsp3) is 0.316. The van der Waals surface area contributed by atoms with Gasteiger partial charge in [0.05, 0.1) is 19.3 Å². The lowest BCUT2D eigenvalue weighted by atomic mass is 10.1. The minimum atomic E-state index is -0.335. The number of amides is 2. The van der Waals surface area contributed by atoms with Gasteiger partial charge in [-0.25, -0.2) is 4.79 Å². The summed E-state index contributed by atoms with van der Waals surface area (Å²) in [6.45, 7) is 0.796. The van der Waals surface area contributed by atoms with E-state index in [0.29, 0.717) is 29.6 Å². The molecule has 0 radical (unpaired) electrons. The molecule has 0 aliphatic heterocycles. The Balaban J connectivity index is 1.44. The third kappa shape index (κ3) is 4.57. The predicted octanol–water partition coefficient (Wildman–Crippen LogP) is 4.04. The van der Waals surface area contributed by atoms with Crippen molar-refractivity contribution in [3.8, 4) is 11.5 Å². The second kappa shape index (κ2) is 8.12. The second-order valence-corrected chi connectivity index (χ2v) is 6.29. The van der Waals surface area contributed by atoms with Crippen LogP contribution in [0.5, 0.6) is 11.5 Å². The summed E-state index contributed by atoms with van der Waals surface area (Å²) in [6.07, 6.45) is 3.49. The summed E-state index contributed by atoms with van der Waals surface area (Å²) in [6, 6.07) is 10.9. The lowest BCUT2D eigenvalue weighted by molar-refractivity contribution is 0.247. The van der Waals surface area contributed by atoms with Crippen molar-refractivity contribution in [2.45, 2.75) is 19.3 Å². The first-order valence-electron chi connectivity index (χ1n) is 8.29. The van der Waals surface area contributed by atoms with Crippen molar-refractivity contribution in [2.75, 3.05) is 25.6 Å². The summed E-state index contributed by atoms with van der Waals surface area (Å²) in [5.74, 6) is 1.40. The standard InChI is InChI=1S/C19H21ClN2O3/c1-24-18-8-6-15(20)12-17(18)22-19(23)21-9-10-25-16-7-5-13-3-2-4-14(13)11-16/h5-8,11-12H,2-4,9-10H2,1H3,(H2,21,22,23). The fourth-order valence-electron chi connectivity index (χ4n) is 2.92. The highest BCUT2D eigenvalue weighted by Crippen LogP contribution is 2.27. The van der Waals surface area contributed by atoms with Gasteiger partial charge < -0.3 is 20.1 Å². The van der Waals surface area contributed by atoms with Crippen molar-refractivity contribution in [1.29, 1.82) is 0 Å². The molecule has 0 spiro atoms. The Labute approximate surface area is 152 Å². The van der Waals surface area contributed by atoms with E-state index >= 15 is 0 Å². The minimum Gasteiger partial charge on any atom is -0.495 e. The number of aryl methyl sites for hydroxylation is 2. The number of benzene rings is 2. The van der Waals surface area contributed by atoms with Crippen LogP contribution in [-0.4, -0.2) is 26.3 Å². The van der Waals surface area contributed by atoms with Gasteiger partial charge in [-0.1, -0.05) is 17.7 Å². The van der Waals surface area contributed by atoms with Crippen molar-refractivity contribution >= 4 is 23.3 Å². The third-order valence-corrected chi connectivity index (χ3v) is 4.37. The van der Waals surface area contributed by atoms with Gasteiger partial charge in [-0.15, -0.1) is 0 Å². The molecule has 0 saturated heterocycles. The quantitative estimate of drug-likeness (QED) is 0.764. The Kier molecular flexibility index (Phi) is 5.66. The van der Waals surface area contributed by atoms with E-state index in [1.54, 1.807) is 18.2 Å². The molecule has 2 N–H and O–H groups in total. The molecule has 5 nitrogen and oxygen atoms in total. The summed E-state index contributed by atoms with van der Waals surface area (Å²) >= 11 is 5.94. The maximum atomic E-state index is 12.0. The number of halogens is 1. The molecular weight excluding hydrogens is 340 g/mol. The molecule has 0 saturated carbocycles. The normalized spacial score (nSPS) is 12.4. The number of rotatable bonds is 6. The van der Waals surface area contributed by atoms with E-state index in [9.17, 15) is 4.79 Å². The SMILES string of the molecule is COc1ccc(Cl)cc1NC(=O)NCCOc1ccc2c(c1)CCC2. The molecule has 2 amide bonds. The number of hydrogen-bond donors (Lipinski definition) is 2. The minimum absolute atomic E-state index is 0.335. The van der Waals surface area contributed by atoms with Gasteiger partial charge in [-0.05, 0) is 60.7 Å². The van der Waals surface area contributed by atoms with E-state index in [2.05, 4.69) is 22.8 Å². The van der Waals surface area contributed by atoms with Crippen LogP contribution in [-0.2, 0) is 12.8 Å². The molecule has 2 aromatic rings. The second-order valence-electron chi connectivity index (χ2n) is 5.86. The Bertz CT molecular complexity index is 764. The van der Waals surface area contributed by atoms with E-state index in [4.69, 9.17) is 21.1 Å². The molecule has 2 aromatic carbocycles. The molecule has 0 atom stereocenters. The zero-order valence-corrected chi connectivity index (χ0v) is 14.9. The Morgan fingerprint density at radius 3 is 2.84 bits per heavy atom. The zero-order chi connectivity index (χ0) is 17.6. The van der Waals surface area contributed by atoms with Gasteiger partial charge in [-0.2, -0.15) is 0 Å². The molecule has 3 rings (SSSR count). The number of methoxy groups -OCH3 is 1. The maximum Gasteiger partial charge on any atom is 0.319 e. The van der Waals surface area contributed by atoms with Crippen LogP contribution in [0.15, 0.2) is 36.4 Å². The fourth-order valence-corrected chi connectivity index (χ4v) is 3.09. The average Bonchev–Trinajstić information content (AvgIpc) is 3.07. The monoisotopic (exact) mass is 360 g/mol. The van der Waals surface area contributed by atoms with E-state index in [0.717, 1.165) is 18.6 Å².